The van der Waals surface area contributed by atoms with Crippen LogP contribution in [0.1, 0.15) is 24.0 Å². The number of nitrogens with zero attached hydrogens (tertiary/aromatic N) is 4. The maximum atomic E-state index is 6.11. The second-order valence-electron chi connectivity index (χ2n) is 7.57. The Kier molecular flexibility index (Phi) is 6.65. The van der Waals surface area contributed by atoms with E-state index in [2.05, 4.69) is 49.0 Å². The number of aliphatic imine (C=N–C) groups is 1. The Balaban J connectivity index is 1.27. The highest BCUT2D eigenvalue weighted by atomic mass is 16.5. The molecule has 0 atom stereocenters. The number of piperidine rings is 1. The summed E-state index contributed by atoms with van der Waals surface area (Å²) in [6.07, 6.45) is 7.90. The number of benzene rings is 2. The molecule has 1 saturated heterocycles. The van der Waals surface area contributed by atoms with Crippen LogP contribution in [0.2, 0.25) is 0 Å². The van der Waals surface area contributed by atoms with Crippen LogP contribution in [0.5, 0.6) is 5.75 Å². The lowest BCUT2D eigenvalue weighted by Crippen LogP contribution is -2.47. The van der Waals surface area contributed by atoms with Gasteiger partial charge in [0, 0.05) is 58.5 Å². The summed E-state index contributed by atoms with van der Waals surface area (Å²) in [5, 5.41) is 3.52. The number of hydrogen-bond acceptors (Lipinski definition) is 3. The number of hydrogen-bond donors (Lipinski definition) is 1. The molecule has 0 saturated carbocycles. The SMILES string of the molecule is CN=C(NCc1cccc(Cn2ccnc2)c1)N1CCC(Oc2ccccc2)CC1. The summed E-state index contributed by atoms with van der Waals surface area (Å²) in [7, 11) is 1.85. The number of rotatable bonds is 6. The van der Waals surface area contributed by atoms with Crippen molar-refractivity contribution in [1.29, 1.82) is 0 Å². The molecule has 6 heteroatoms. The molecule has 0 bridgehead atoms. The van der Waals surface area contributed by atoms with Crippen LogP contribution < -0.4 is 10.1 Å². The first-order chi connectivity index (χ1) is 14.8. The van der Waals surface area contributed by atoms with Gasteiger partial charge in [-0.1, -0.05) is 42.5 Å². The van der Waals surface area contributed by atoms with Gasteiger partial charge in [0.1, 0.15) is 11.9 Å². The molecule has 0 amide bonds. The van der Waals surface area contributed by atoms with Crippen molar-refractivity contribution in [3.8, 4) is 5.75 Å². The fourth-order valence-electron chi connectivity index (χ4n) is 3.82. The number of nitrogens with one attached hydrogen (secondary N) is 1. The molecule has 30 heavy (non-hydrogen) atoms. The third-order valence-electron chi connectivity index (χ3n) is 5.37. The summed E-state index contributed by atoms with van der Waals surface area (Å²) in [6, 6.07) is 18.7. The Morgan fingerprint density at radius 3 is 2.63 bits per heavy atom. The van der Waals surface area contributed by atoms with E-state index in [-0.39, 0.29) is 6.10 Å². The Bertz CT molecular complexity index is 931. The molecule has 0 spiro atoms. The first-order valence-electron chi connectivity index (χ1n) is 10.5. The second kappa shape index (κ2) is 9.96. The van der Waals surface area contributed by atoms with Crippen LogP contribution in [-0.4, -0.2) is 46.7 Å². The van der Waals surface area contributed by atoms with Gasteiger partial charge in [-0.05, 0) is 23.3 Å². The van der Waals surface area contributed by atoms with Crippen LogP contribution in [0.4, 0.5) is 0 Å². The number of guanidine groups is 1. The lowest BCUT2D eigenvalue weighted by atomic mass is 10.1. The zero-order chi connectivity index (χ0) is 20.6. The van der Waals surface area contributed by atoms with Crippen LogP contribution in [0.25, 0.3) is 0 Å². The molecule has 4 rings (SSSR count). The number of ether oxygens (including phenoxy) is 1. The lowest BCUT2D eigenvalue weighted by molar-refractivity contribution is 0.129. The molecule has 1 aromatic heterocycles. The highest BCUT2D eigenvalue weighted by molar-refractivity contribution is 5.80. The highest BCUT2D eigenvalue weighted by Gasteiger charge is 2.22. The van der Waals surface area contributed by atoms with Gasteiger partial charge in [-0.3, -0.25) is 4.99 Å². The van der Waals surface area contributed by atoms with E-state index in [1.54, 1.807) is 0 Å². The van der Waals surface area contributed by atoms with Gasteiger partial charge < -0.3 is 19.5 Å². The summed E-state index contributed by atoms with van der Waals surface area (Å²) in [5.74, 6) is 1.90. The van der Waals surface area contributed by atoms with Gasteiger partial charge in [0.25, 0.3) is 0 Å². The minimum absolute atomic E-state index is 0.265. The van der Waals surface area contributed by atoms with Crippen LogP contribution in [-0.2, 0) is 13.1 Å². The molecule has 2 aromatic carbocycles. The molecule has 1 N–H and O–H groups in total. The Hall–Kier alpha value is -3.28. The molecular weight excluding hydrogens is 374 g/mol. The van der Waals surface area contributed by atoms with E-state index in [1.165, 1.54) is 11.1 Å². The third-order valence-corrected chi connectivity index (χ3v) is 5.37. The molecular formula is C24H29N5O. The maximum Gasteiger partial charge on any atom is 0.193 e. The van der Waals surface area contributed by atoms with Gasteiger partial charge in [-0.2, -0.15) is 0 Å². The Morgan fingerprint density at radius 2 is 1.90 bits per heavy atom. The van der Waals surface area contributed by atoms with E-state index >= 15 is 0 Å². The molecule has 0 unspecified atom stereocenters. The average molecular weight is 404 g/mol. The molecule has 1 fully saturated rings. The van der Waals surface area contributed by atoms with E-state index in [0.29, 0.717) is 0 Å². The number of imidazole rings is 1. The van der Waals surface area contributed by atoms with Gasteiger partial charge in [-0.15, -0.1) is 0 Å². The van der Waals surface area contributed by atoms with Gasteiger partial charge in [-0.25, -0.2) is 4.98 Å². The van der Waals surface area contributed by atoms with Gasteiger partial charge in [0.05, 0.1) is 6.33 Å². The second-order valence-corrected chi connectivity index (χ2v) is 7.57. The van der Waals surface area contributed by atoms with Gasteiger partial charge in [0.15, 0.2) is 5.96 Å². The number of para-hydroxylation sites is 1. The molecule has 156 valence electrons. The maximum absolute atomic E-state index is 6.11. The Labute approximate surface area is 178 Å². The minimum Gasteiger partial charge on any atom is -0.490 e. The molecule has 1 aliphatic rings. The van der Waals surface area contributed by atoms with E-state index in [4.69, 9.17) is 4.74 Å². The lowest BCUT2D eigenvalue weighted by Gasteiger charge is -2.34. The van der Waals surface area contributed by atoms with Crippen LogP contribution >= 0.6 is 0 Å². The van der Waals surface area contributed by atoms with Crippen molar-refractivity contribution >= 4 is 5.96 Å². The number of aromatic nitrogens is 2. The smallest absolute Gasteiger partial charge is 0.193 e. The van der Waals surface area contributed by atoms with Crippen LogP contribution in [0, 0.1) is 0 Å². The van der Waals surface area contributed by atoms with Crippen LogP contribution in [0.15, 0.2) is 78.3 Å². The fraction of sp³-hybridized carbons (Fsp3) is 0.333. The summed E-state index contributed by atoms with van der Waals surface area (Å²) in [4.78, 5) is 10.9. The van der Waals surface area contributed by atoms with Crippen LogP contribution in [0.3, 0.4) is 0 Å². The summed E-state index contributed by atoms with van der Waals surface area (Å²) in [6.45, 7) is 3.47. The van der Waals surface area contributed by atoms with Gasteiger partial charge in [0.2, 0.25) is 0 Å². The fourth-order valence-corrected chi connectivity index (χ4v) is 3.82. The highest BCUT2D eigenvalue weighted by Crippen LogP contribution is 2.18. The number of likely N-dealkylation sites (tertiary alicyclic amines) is 1. The molecule has 2 heterocycles. The molecule has 0 radical (unpaired) electrons. The van der Waals surface area contributed by atoms with Crippen molar-refractivity contribution in [3.63, 3.8) is 0 Å². The predicted octanol–water partition coefficient (Wildman–Crippen LogP) is 3.55. The minimum atomic E-state index is 0.265. The summed E-state index contributed by atoms with van der Waals surface area (Å²) >= 11 is 0. The average Bonchev–Trinajstić information content (AvgIpc) is 3.29. The third kappa shape index (κ3) is 5.41. The predicted molar refractivity (Wildman–Crippen MR) is 120 cm³/mol. The van der Waals surface area contributed by atoms with Gasteiger partial charge >= 0.3 is 0 Å². The van der Waals surface area contributed by atoms with Crippen molar-refractivity contribution in [2.75, 3.05) is 20.1 Å². The molecule has 0 aliphatic carbocycles. The van der Waals surface area contributed by atoms with E-state index in [9.17, 15) is 0 Å². The molecule has 6 nitrogen and oxygen atoms in total. The first kappa shape index (κ1) is 20.0. The van der Waals surface area contributed by atoms with Crippen molar-refractivity contribution in [1.82, 2.24) is 19.8 Å². The van der Waals surface area contributed by atoms with E-state index in [0.717, 1.165) is 50.7 Å². The van der Waals surface area contributed by atoms with Crippen molar-refractivity contribution in [2.24, 2.45) is 4.99 Å². The monoisotopic (exact) mass is 403 g/mol. The quantitative estimate of drug-likeness (QED) is 0.505. The van der Waals surface area contributed by atoms with Crippen molar-refractivity contribution < 1.29 is 4.74 Å². The van der Waals surface area contributed by atoms with Crippen molar-refractivity contribution in [2.45, 2.75) is 32.0 Å². The zero-order valence-corrected chi connectivity index (χ0v) is 17.4. The standard InChI is InChI=1S/C24H29N5O/c1-25-24(29-13-10-23(11-14-29)30-22-8-3-2-4-9-22)27-17-20-6-5-7-21(16-20)18-28-15-12-26-19-28/h2-9,12,15-16,19,23H,10-11,13-14,17-18H2,1H3,(H,25,27). The Morgan fingerprint density at radius 1 is 1.10 bits per heavy atom. The zero-order valence-electron chi connectivity index (χ0n) is 17.4. The van der Waals surface area contributed by atoms with E-state index in [1.807, 2.05) is 56.1 Å². The normalized spacial score (nSPS) is 15.2. The summed E-state index contributed by atoms with van der Waals surface area (Å²) < 4.78 is 8.19. The first-order valence-corrected chi connectivity index (χ1v) is 10.5. The molecule has 1 aliphatic heterocycles. The topological polar surface area (TPSA) is 54.7 Å². The van der Waals surface area contributed by atoms with E-state index < -0.39 is 0 Å². The summed E-state index contributed by atoms with van der Waals surface area (Å²) in [5.41, 5.74) is 2.51. The molecule has 3 aromatic rings. The largest absolute Gasteiger partial charge is 0.490 e. The van der Waals surface area contributed by atoms with Crippen molar-refractivity contribution in [3.05, 3.63) is 84.4 Å².